The van der Waals surface area contributed by atoms with Crippen LogP contribution in [0.3, 0.4) is 0 Å². The number of aromatic amines is 2. The van der Waals surface area contributed by atoms with E-state index in [1.54, 1.807) is 19.1 Å². The number of carboxylic acids is 3. The lowest BCUT2D eigenvalue weighted by molar-refractivity contribution is -0.309. The molecule has 3 aromatic rings. The zero-order valence-electron chi connectivity index (χ0n) is 28.5. The Morgan fingerprint density at radius 3 is 2.26 bits per heavy atom. The molecule has 0 aromatic carbocycles. The van der Waals surface area contributed by atoms with Crippen molar-refractivity contribution in [3.8, 4) is 0 Å². The van der Waals surface area contributed by atoms with Gasteiger partial charge < -0.3 is 50.1 Å². The largest absolute Gasteiger partial charge is 0.550 e. The number of carboxylic acid groups (broad SMARTS) is 3. The van der Waals surface area contributed by atoms with Gasteiger partial charge >= 0.3 is 0 Å². The first-order valence-corrected chi connectivity index (χ1v) is 16.3. The lowest BCUT2D eigenvalue weighted by atomic mass is 9.84. The molecule has 8 bridgehead atoms. The summed E-state index contributed by atoms with van der Waals surface area (Å²) in [5.41, 5.74) is 7.68. The van der Waals surface area contributed by atoms with Gasteiger partial charge in [0.25, 0.3) is 0 Å². The zero-order valence-corrected chi connectivity index (χ0v) is 28.5. The number of nitrogens with one attached hydrogen (secondary N) is 3. The molecule has 0 radical (unpaired) electrons. The topological polar surface area (TPSA) is 227 Å². The van der Waals surface area contributed by atoms with Crippen LogP contribution in [-0.4, -0.2) is 61.5 Å². The number of aliphatic hydroxyl groups is 1. The molecule has 0 fully saturated rings. The summed E-state index contributed by atoms with van der Waals surface area (Å²) in [6.07, 6.45) is 1.48. The van der Waals surface area contributed by atoms with Gasteiger partial charge in [0.15, 0.2) is 0 Å². The minimum atomic E-state index is -1.74. The highest BCUT2D eigenvalue weighted by atomic mass is 16.4. The predicted molar refractivity (Wildman–Crippen MR) is 181 cm³/mol. The summed E-state index contributed by atoms with van der Waals surface area (Å²) in [6, 6.07) is 3.81. The first-order valence-electron chi connectivity index (χ1n) is 16.3. The Kier molecular flexibility index (Phi) is 10.1. The van der Waals surface area contributed by atoms with Crippen molar-refractivity contribution in [3.63, 3.8) is 0 Å². The van der Waals surface area contributed by atoms with Crippen molar-refractivity contribution in [1.82, 2.24) is 25.3 Å². The normalized spacial score (nSPS) is 16.3. The van der Waals surface area contributed by atoms with Gasteiger partial charge in [-0.25, -0.2) is 4.98 Å². The number of aliphatic hydroxyl groups excluding tert-OH is 1. The van der Waals surface area contributed by atoms with Crippen LogP contribution in [0, 0.1) is 13.8 Å². The molecule has 3 aromatic heterocycles. The Labute approximate surface area is 287 Å². The number of aromatic nitrogens is 4. The van der Waals surface area contributed by atoms with Crippen molar-refractivity contribution < 1.29 is 39.6 Å². The van der Waals surface area contributed by atoms with Crippen LogP contribution in [0.15, 0.2) is 24.8 Å². The van der Waals surface area contributed by atoms with Crippen LogP contribution in [0.25, 0.3) is 39.3 Å². The third-order valence-electron chi connectivity index (χ3n) is 9.74. The number of aliphatic carboxylic acids is 3. The standard InChI is InChI=1S/C37H41N5O8/c1-7-20-16(3)24-12-26-18(5)22(9-10-32(45)46)34(41-26)23(11-31(44)40-30(15-43)36(47)48)35-33(37(49)50)19(6)27(42-35)14-29-21(8-2)17(4)25(39-29)13-28(20)38-24/h7,12-14,18,22,30,38-39,43H,1,8-11,15H2,2-6H3,(H,40,44)(H,45,46)(H,47,48)(H,49,50)/p-3/t18-,22-,30-/m0/s1. The van der Waals surface area contributed by atoms with Gasteiger partial charge in [0.1, 0.15) is 0 Å². The van der Waals surface area contributed by atoms with Crippen LogP contribution in [0.4, 0.5) is 0 Å². The van der Waals surface area contributed by atoms with Crippen molar-refractivity contribution >= 4 is 63.1 Å². The minimum Gasteiger partial charge on any atom is -0.550 e. The summed E-state index contributed by atoms with van der Waals surface area (Å²) in [4.78, 5) is 66.0. The second-order valence-corrected chi connectivity index (χ2v) is 12.7. The van der Waals surface area contributed by atoms with E-state index < -0.39 is 54.7 Å². The third-order valence-corrected chi connectivity index (χ3v) is 9.74. The molecule has 0 saturated carbocycles. The Morgan fingerprint density at radius 1 is 0.980 bits per heavy atom. The van der Waals surface area contributed by atoms with Crippen LogP contribution in [0.1, 0.15) is 96.0 Å². The SMILES string of the molecule is C=Cc1c(C)c2cc3nc(c(CC(=O)N[C@@H](CO)C(=O)[O-])c4nc(cc5[nH]c(cc1[nH]2)c(C)c5CC)C(C)=C4C(=O)[O-])[C@@H](CCC(=O)[O-])[C@@H]3C. The number of carbonyl (C=O) groups excluding carboxylic acids is 4. The molecular weight excluding hydrogens is 642 g/mol. The number of H-pyrrole nitrogens is 2. The molecule has 0 spiro atoms. The maximum absolute atomic E-state index is 13.4. The Hall–Kier alpha value is -5.56. The van der Waals surface area contributed by atoms with Crippen LogP contribution in [0.2, 0.25) is 0 Å². The molecule has 0 saturated heterocycles. The molecule has 2 aliphatic rings. The van der Waals surface area contributed by atoms with Crippen molar-refractivity contribution in [2.45, 2.75) is 78.2 Å². The highest BCUT2D eigenvalue weighted by molar-refractivity contribution is 6.23. The van der Waals surface area contributed by atoms with Gasteiger partial charge in [-0.15, -0.1) is 0 Å². The maximum atomic E-state index is 13.4. The fourth-order valence-electron chi connectivity index (χ4n) is 6.94. The second kappa shape index (κ2) is 14.1. The van der Waals surface area contributed by atoms with Gasteiger partial charge in [0, 0.05) is 62.3 Å². The number of fused-ring (bicyclic) bond motifs is 8. The van der Waals surface area contributed by atoms with E-state index in [4.69, 9.17) is 9.97 Å². The summed E-state index contributed by atoms with van der Waals surface area (Å²) in [6.45, 7) is 12.4. The lowest BCUT2D eigenvalue weighted by Crippen LogP contribution is -2.50. The number of aryl methyl sites for hydroxylation is 3. The number of allylic oxidation sites excluding steroid dienone is 1. The summed E-state index contributed by atoms with van der Waals surface area (Å²) >= 11 is 0. The third kappa shape index (κ3) is 6.56. The highest BCUT2D eigenvalue weighted by Crippen LogP contribution is 2.43. The fraction of sp³-hybridized carbons (Fsp3) is 0.351. The molecule has 3 atom stereocenters. The van der Waals surface area contributed by atoms with Crippen LogP contribution in [0.5, 0.6) is 0 Å². The first kappa shape index (κ1) is 35.7. The number of nitrogens with zero attached hydrogens (tertiary/aromatic N) is 2. The second-order valence-electron chi connectivity index (χ2n) is 12.7. The molecule has 50 heavy (non-hydrogen) atoms. The van der Waals surface area contributed by atoms with Crippen LogP contribution >= 0.6 is 0 Å². The quantitative estimate of drug-likeness (QED) is 0.225. The Bertz CT molecular complexity index is 2140. The van der Waals surface area contributed by atoms with Gasteiger partial charge in [-0.05, 0) is 80.5 Å². The van der Waals surface area contributed by atoms with Gasteiger partial charge in [-0.3, -0.25) is 9.78 Å². The minimum absolute atomic E-state index is 0.0349. The summed E-state index contributed by atoms with van der Waals surface area (Å²) in [5, 5.41) is 47.8. The van der Waals surface area contributed by atoms with Crippen molar-refractivity contribution in [2.24, 2.45) is 0 Å². The van der Waals surface area contributed by atoms with E-state index in [2.05, 4.69) is 21.9 Å². The van der Waals surface area contributed by atoms with Gasteiger partial charge in [0.05, 0.1) is 48.1 Å². The number of amides is 1. The average Bonchev–Trinajstić information content (AvgIpc) is 3.74. The molecule has 5 rings (SSSR count). The van der Waals surface area contributed by atoms with E-state index in [0.29, 0.717) is 17.6 Å². The van der Waals surface area contributed by atoms with Crippen LogP contribution < -0.4 is 20.6 Å². The van der Waals surface area contributed by atoms with E-state index in [9.17, 15) is 39.6 Å². The number of carbonyl (C=O) groups is 4. The van der Waals surface area contributed by atoms with Crippen molar-refractivity contribution in [3.05, 3.63) is 75.4 Å². The van der Waals surface area contributed by atoms with Crippen LogP contribution in [-0.2, 0) is 32.0 Å². The van der Waals surface area contributed by atoms with Crippen molar-refractivity contribution in [2.75, 3.05) is 6.61 Å². The molecule has 2 aliphatic heterocycles. The molecule has 262 valence electrons. The smallest absolute Gasteiger partial charge is 0.225 e. The van der Waals surface area contributed by atoms with Gasteiger partial charge in [-0.1, -0.05) is 26.5 Å². The van der Waals surface area contributed by atoms with E-state index in [-0.39, 0.29) is 46.6 Å². The molecule has 13 nitrogen and oxygen atoms in total. The van der Waals surface area contributed by atoms with Crippen molar-refractivity contribution in [1.29, 1.82) is 0 Å². The Balaban J connectivity index is 1.98. The zero-order chi connectivity index (χ0) is 36.6. The molecular formula is C37H38N5O8-3. The molecule has 5 heterocycles. The fourth-order valence-corrected chi connectivity index (χ4v) is 6.94. The van der Waals surface area contributed by atoms with E-state index in [1.807, 2.05) is 39.8 Å². The lowest BCUT2D eigenvalue weighted by Gasteiger charge is -2.21. The maximum Gasteiger partial charge on any atom is 0.225 e. The van der Waals surface area contributed by atoms with E-state index in [1.165, 1.54) is 0 Å². The average molecular weight is 681 g/mol. The monoisotopic (exact) mass is 680 g/mol. The number of hydrogen-bond donors (Lipinski definition) is 4. The molecule has 1 amide bonds. The highest BCUT2D eigenvalue weighted by Gasteiger charge is 2.34. The predicted octanol–water partition coefficient (Wildman–Crippen LogP) is 1.00. The molecule has 13 heteroatoms. The summed E-state index contributed by atoms with van der Waals surface area (Å²) in [5.74, 6) is -6.51. The van der Waals surface area contributed by atoms with Gasteiger partial charge in [0.2, 0.25) is 5.91 Å². The number of hydrogen-bond acceptors (Lipinski definition) is 10. The Morgan fingerprint density at radius 2 is 1.66 bits per heavy atom. The van der Waals surface area contributed by atoms with E-state index in [0.717, 1.165) is 38.8 Å². The molecule has 4 N–H and O–H groups in total. The van der Waals surface area contributed by atoms with Gasteiger partial charge in [-0.2, -0.15) is 0 Å². The first-order chi connectivity index (χ1) is 23.7. The summed E-state index contributed by atoms with van der Waals surface area (Å²) in [7, 11) is 0. The number of rotatable bonds is 11. The molecule has 0 unspecified atom stereocenters. The molecule has 0 aliphatic carbocycles. The van der Waals surface area contributed by atoms with E-state index >= 15 is 0 Å². The summed E-state index contributed by atoms with van der Waals surface area (Å²) < 4.78 is 0.